The van der Waals surface area contributed by atoms with Crippen LogP contribution in [0.2, 0.25) is 5.02 Å². The summed E-state index contributed by atoms with van der Waals surface area (Å²) >= 11 is 6.13. The molecule has 3 nitrogen and oxygen atoms in total. The third-order valence-electron chi connectivity index (χ3n) is 3.75. The first kappa shape index (κ1) is 11.8. The van der Waals surface area contributed by atoms with Crippen LogP contribution in [0.1, 0.15) is 32.1 Å². The van der Waals surface area contributed by atoms with Gasteiger partial charge in [0.05, 0.1) is 10.7 Å². The summed E-state index contributed by atoms with van der Waals surface area (Å²) in [5.74, 6) is 0.709. The van der Waals surface area contributed by atoms with Crippen molar-refractivity contribution in [3.8, 4) is 5.75 Å². The fourth-order valence-electron chi connectivity index (χ4n) is 2.91. The van der Waals surface area contributed by atoms with E-state index in [-0.39, 0.29) is 12.5 Å². The van der Waals surface area contributed by atoms with Gasteiger partial charge in [0.1, 0.15) is 0 Å². The average molecular weight is 266 g/mol. The van der Waals surface area contributed by atoms with Crippen molar-refractivity contribution in [2.24, 2.45) is 0 Å². The Morgan fingerprint density at radius 1 is 1.22 bits per heavy atom. The van der Waals surface area contributed by atoms with Crippen molar-refractivity contribution in [1.29, 1.82) is 0 Å². The Bertz CT molecular complexity index is 469. The number of amides is 1. The van der Waals surface area contributed by atoms with Gasteiger partial charge in [0, 0.05) is 6.04 Å². The maximum absolute atomic E-state index is 12.1. The molecule has 3 rings (SSSR count). The maximum Gasteiger partial charge on any atom is 0.265 e. The molecule has 1 aromatic carbocycles. The monoisotopic (exact) mass is 265 g/mol. The van der Waals surface area contributed by atoms with Gasteiger partial charge in [-0.15, -0.1) is 0 Å². The van der Waals surface area contributed by atoms with Crippen LogP contribution in [0.15, 0.2) is 18.2 Å². The number of carbonyl (C=O) groups excluding carboxylic acids is 1. The normalized spacial score (nSPS) is 20.5. The van der Waals surface area contributed by atoms with Gasteiger partial charge >= 0.3 is 0 Å². The minimum absolute atomic E-state index is 0.0525. The minimum atomic E-state index is 0.0525. The lowest BCUT2D eigenvalue weighted by Crippen LogP contribution is -2.46. The molecule has 0 unspecified atom stereocenters. The van der Waals surface area contributed by atoms with Crippen LogP contribution < -0.4 is 9.64 Å². The van der Waals surface area contributed by atoms with Crippen molar-refractivity contribution in [2.75, 3.05) is 11.5 Å². The third kappa shape index (κ3) is 1.97. The second kappa shape index (κ2) is 4.81. The van der Waals surface area contributed by atoms with E-state index in [1.54, 1.807) is 6.07 Å². The molecule has 0 aromatic heterocycles. The molecule has 1 amide bonds. The second-order valence-corrected chi connectivity index (χ2v) is 5.34. The molecular formula is C14H16ClNO2. The molecule has 1 fully saturated rings. The van der Waals surface area contributed by atoms with Gasteiger partial charge in [-0.2, -0.15) is 0 Å². The number of carbonyl (C=O) groups is 1. The van der Waals surface area contributed by atoms with Crippen molar-refractivity contribution >= 4 is 23.2 Å². The minimum Gasteiger partial charge on any atom is -0.480 e. The van der Waals surface area contributed by atoms with Crippen LogP contribution in [0.3, 0.4) is 0 Å². The Morgan fingerprint density at radius 3 is 2.78 bits per heavy atom. The zero-order valence-corrected chi connectivity index (χ0v) is 10.9. The highest BCUT2D eigenvalue weighted by atomic mass is 35.5. The van der Waals surface area contributed by atoms with E-state index in [0.717, 1.165) is 18.5 Å². The lowest BCUT2D eigenvalue weighted by molar-refractivity contribution is -0.122. The second-order valence-electron chi connectivity index (χ2n) is 4.93. The Labute approximate surface area is 112 Å². The summed E-state index contributed by atoms with van der Waals surface area (Å²) < 4.78 is 5.46. The van der Waals surface area contributed by atoms with Crippen LogP contribution in [0.25, 0.3) is 0 Å². The fourth-order valence-corrected chi connectivity index (χ4v) is 3.13. The lowest BCUT2D eigenvalue weighted by Gasteiger charge is -2.37. The molecule has 0 radical (unpaired) electrons. The molecule has 1 heterocycles. The standard InChI is InChI=1S/C14H16ClNO2/c15-11-7-4-8-12-14(11)18-9-13(17)16(12)10-5-2-1-3-6-10/h4,7-8,10H,1-3,5-6,9H2. The van der Waals surface area contributed by atoms with Crippen LogP contribution in [-0.2, 0) is 4.79 Å². The molecule has 18 heavy (non-hydrogen) atoms. The zero-order valence-electron chi connectivity index (χ0n) is 10.2. The van der Waals surface area contributed by atoms with Crippen molar-refractivity contribution in [3.63, 3.8) is 0 Å². The van der Waals surface area contributed by atoms with E-state index in [9.17, 15) is 4.79 Å². The van der Waals surface area contributed by atoms with E-state index in [1.165, 1.54) is 19.3 Å². The highest BCUT2D eigenvalue weighted by Gasteiger charge is 2.33. The maximum atomic E-state index is 12.1. The number of anilines is 1. The first-order valence-corrected chi connectivity index (χ1v) is 6.88. The molecule has 2 aliphatic rings. The van der Waals surface area contributed by atoms with Crippen LogP contribution >= 0.6 is 11.6 Å². The molecule has 0 spiro atoms. The number of halogens is 1. The molecule has 1 aromatic rings. The Balaban J connectivity index is 1.98. The van der Waals surface area contributed by atoms with Gasteiger partial charge in [0.2, 0.25) is 0 Å². The molecule has 1 aliphatic carbocycles. The summed E-state index contributed by atoms with van der Waals surface area (Å²) in [5, 5.41) is 0.584. The largest absolute Gasteiger partial charge is 0.480 e. The van der Waals surface area contributed by atoms with Gasteiger partial charge in [0.25, 0.3) is 5.91 Å². The SMILES string of the molecule is O=C1COc2c(Cl)cccc2N1C1CCCCC1. The van der Waals surface area contributed by atoms with Crippen molar-refractivity contribution in [1.82, 2.24) is 0 Å². The summed E-state index contributed by atoms with van der Waals surface area (Å²) in [6, 6.07) is 5.91. The quantitative estimate of drug-likeness (QED) is 0.779. The van der Waals surface area contributed by atoms with Crippen molar-refractivity contribution in [3.05, 3.63) is 23.2 Å². The Kier molecular flexibility index (Phi) is 3.16. The third-order valence-corrected chi connectivity index (χ3v) is 4.05. The van der Waals surface area contributed by atoms with E-state index in [2.05, 4.69) is 0 Å². The Morgan fingerprint density at radius 2 is 2.00 bits per heavy atom. The number of rotatable bonds is 1. The number of benzene rings is 1. The fraction of sp³-hybridized carbons (Fsp3) is 0.500. The van der Waals surface area contributed by atoms with E-state index >= 15 is 0 Å². The highest BCUT2D eigenvalue weighted by Crippen LogP contribution is 2.40. The number of fused-ring (bicyclic) bond motifs is 1. The topological polar surface area (TPSA) is 29.5 Å². The van der Waals surface area contributed by atoms with Crippen LogP contribution in [0.4, 0.5) is 5.69 Å². The first-order chi connectivity index (χ1) is 8.77. The van der Waals surface area contributed by atoms with E-state index in [4.69, 9.17) is 16.3 Å². The lowest BCUT2D eigenvalue weighted by atomic mass is 9.93. The van der Waals surface area contributed by atoms with Crippen LogP contribution in [0, 0.1) is 0 Å². The molecule has 1 saturated carbocycles. The number of para-hydroxylation sites is 1. The van der Waals surface area contributed by atoms with Crippen LogP contribution in [0.5, 0.6) is 5.75 Å². The van der Waals surface area contributed by atoms with Crippen LogP contribution in [-0.4, -0.2) is 18.6 Å². The van der Waals surface area contributed by atoms with E-state index < -0.39 is 0 Å². The summed E-state index contributed by atoms with van der Waals surface area (Å²) in [7, 11) is 0. The van der Waals surface area contributed by atoms with Gasteiger partial charge in [-0.1, -0.05) is 36.9 Å². The molecule has 0 bridgehead atoms. The van der Waals surface area contributed by atoms with Gasteiger partial charge in [-0.05, 0) is 25.0 Å². The number of ether oxygens (including phenoxy) is 1. The molecule has 96 valence electrons. The van der Waals surface area contributed by atoms with Gasteiger partial charge < -0.3 is 9.64 Å². The van der Waals surface area contributed by atoms with Crippen molar-refractivity contribution < 1.29 is 9.53 Å². The molecule has 4 heteroatoms. The first-order valence-electron chi connectivity index (χ1n) is 6.51. The summed E-state index contributed by atoms with van der Waals surface area (Å²) in [5.41, 5.74) is 0.839. The predicted octanol–water partition coefficient (Wildman–Crippen LogP) is 3.40. The molecule has 0 saturated heterocycles. The molecule has 0 atom stereocenters. The van der Waals surface area contributed by atoms with E-state index in [0.29, 0.717) is 16.8 Å². The molecular weight excluding hydrogens is 250 g/mol. The number of hydrogen-bond donors (Lipinski definition) is 0. The molecule has 1 aliphatic heterocycles. The number of nitrogens with zero attached hydrogens (tertiary/aromatic N) is 1. The smallest absolute Gasteiger partial charge is 0.265 e. The average Bonchev–Trinajstić information content (AvgIpc) is 2.40. The highest BCUT2D eigenvalue weighted by molar-refractivity contribution is 6.32. The Hall–Kier alpha value is -1.22. The van der Waals surface area contributed by atoms with Gasteiger partial charge in [-0.3, -0.25) is 4.79 Å². The number of hydrogen-bond acceptors (Lipinski definition) is 2. The summed E-state index contributed by atoms with van der Waals surface area (Å²) in [6.45, 7) is 0.104. The van der Waals surface area contributed by atoms with Gasteiger partial charge in [0.15, 0.2) is 12.4 Å². The summed E-state index contributed by atoms with van der Waals surface area (Å²) in [6.07, 6.45) is 5.84. The van der Waals surface area contributed by atoms with E-state index in [1.807, 2.05) is 17.0 Å². The van der Waals surface area contributed by atoms with Gasteiger partial charge in [-0.25, -0.2) is 0 Å². The van der Waals surface area contributed by atoms with Crippen molar-refractivity contribution in [2.45, 2.75) is 38.1 Å². The summed E-state index contributed by atoms with van der Waals surface area (Å²) in [4.78, 5) is 14.0. The predicted molar refractivity (Wildman–Crippen MR) is 71.3 cm³/mol. The molecule has 0 N–H and O–H groups in total. The zero-order chi connectivity index (χ0) is 12.5.